The molecule has 4 aliphatic heterocycles. The fourth-order valence-corrected chi connectivity index (χ4v) is 8.11. The molecule has 2 aromatic rings. The maximum atomic E-state index is 15.2. The average molecular weight is 884 g/mol. The minimum atomic E-state index is -1.82. The first-order valence-corrected chi connectivity index (χ1v) is 20.0. The van der Waals surface area contributed by atoms with E-state index in [2.05, 4.69) is 35.1 Å². The molecule has 6 atom stereocenters. The summed E-state index contributed by atoms with van der Waals surface area (Å²) >= 11 is 9.93. The summed E-state index contributed by atoms with van der Waals surface area (Å²) < 4.78 is 32.4. The summed E-state index contributed by atoms with van der Waals surface area (Å²) in [6.45, 7) is 12.3. The zero-order valence-electron chi connectivity index (χ0n) is 33.8. The van der Waals surface area contributed by atoms with E-state index in [9.17, 15) is 14.4 Å². The van der Waals surface area contributed by atoms with Gasteiger partial charge < -0.3 is 38.9 Å². The minimum Gasteiger partial charge on any atom is -0.485 e. The molecule has 0 saturated heterocycles. The quantitative estimate of drug-likeness (QED) is 0.0944. The molecular formula is C43H48BrClN2O11. The molecule has 310 valence electrons. The standard InChI is InChI=1S/C41H40BrClN2O9.2CH4O/c1-18-10-8-11-21(4)40(49)45-33-34(47)30-29(32-38(33)52-27-16-24(42)25(43)17-26(27)44-32)31-37-22(5)36(30)53-28(15-19(2)14-18)35(51-23(6)46)20(3)12-9-13-50-41(7,54-37)39(31)48;2*1-2/h8-11,13,16-20,28,35H,12,14-15H2,1-7H3,(H,45,49);2*2H,1H3/b10-8+,13-9+,21-11-;;/t18?,19-,20-,28?,35?,41+;;/m1../s1. The number of halogens is 2. The van der Waals surface area contributed by atoms with Crippen LogP contribution in [0.3, 0.4) is 0 Å². The smallest absolute Gasteiger partial charge is 0.312 e. The number of ether oxygens (including phenoxy) is 4. The van der Waals surface area contributed by atoms with Gasteiger partial charge in [0.05, 0.1) is 22.2 Å². The Kier molecular flexibility index (Phi) is 13.8. The number of rotatable bonds is 1. The van der Waals surface area contributed by atoms with Crippen LogP contribution in [0.4, 0.5) is 5.69 Å². The third kappa shape index (κ3) is 8.38. The third-order valence-corrected chi connectivity index (χ3v) is 11.5. The van der Waals surface area contributed by atoms with Crippen molar-refractivity contribution in [1.82, 2.24) is 4.98 Å². The number of nitrogens with zero attached hydrogens (tertiary/aromatic N) is 1. The molecule has 1 aliphatic carbocycles. The van der Waals surface area contributed by atoms with Gasteiger partial charge in [0.25, 0.3) is 11.7 Å². The molecule has 0 aromatic heterocycles. The van der Waals surface area contributed by atoms with Crippen molar-refractivity contribution < 1.29 is 48.0 Å². The Morgan fingerprint density at radius 3 is 2.45 bits per heavy atom. The summed E-state index contributed by atoms with van der Waals surface area (Å²) in [6.07, 6.45) is 8.80. The van der Waals surface area contributed by atoms with Crippen molar-refractivity contribution in [3.05, 3.63) is 79.1 Å². The molecule has 0 fully saturated rings. The topological polar surface area (TPSA) is 184 Å². The van der Waals surface area contributed by atoms with Gasteiger partial charge in [0.1, 0.15) is 40.6 Å². The van der Waals surface area contributed by atoms with Crippen LogP contribution in [0, 0.1) is 24.7 Å². The molecule has 13 nitrogen and oxygen atoms in total. The number of fused-ring (bicyclic) bond motifs is 8. The monoisotopic (exact) mass is 882 g/mol. The number of Topliss-reactive ketones (excluding diaryl/α,β-unsaturated/α-hetero) is 1. The van der Waals surface area contributed by atoms with Gasteiger partial charge in [-0.15, -0.1) is 0 Å². The van der Waals surface area contributed by atoms with Crippen molar-refractivity contribution in [2.45, 2.75) is 85.7 Å². The van der Waals surface area contributed by atoms with Gasteiger partial charge in [0.15, 0.2) is 11.3 Å². The van der Waals surface area contributed by atoms with Crippen molar-refractivity contribution in [3.8, 4) is 23.0 Å². The maximum Gasteiger partial charge on any atom is 0.312 e. The van der Waals surface area contributed by atoms with Crippen molar-refractivity contribution in [1.29, 1.82) is 0 Å². The lowest BCUT2D eigenvalue weighted by molar-refractivity contribution is -0.155. The Morgan fingerprint density at radius 1 is 1.05 bits per heavy atom. The van der Waals surface area contributed by atoms with Crippen LogP contribution in [0.2, 0.25) is 5.02 Å². The van der Waals surface area contributed by atoms with E-state index in [1.54, 1.807) is 38.1 Å². The summed E-state index contributed by atoms with van der Waals surface area (Å²) in [7, 11) is 2.00. The van der Waals surface area contributed by atoms with Gasteiger partial charge in [-0.1, -0.05) is 50.6 Å². The van der Waals surface area contributed by atoms with Crippen LogP contribution in [0.15, 0.2) is 62.0 Å². The molecular weight excluding hydrogens is 836 g/mol. The highest BCUT2D eigenvalue weighted by Crippen LogP contribution is 2.51. The molecule has 0 spiro atoms. The number of hydrogen-bond acceptors (Lipinski definition) is 12. The van der Waals surface area contributed by atoms with E-state index in [1.165, 1.54) is 20.1 Å². The first-order chi connectivity index (χ1) is 27.6. The highest BCUT2D eigenvalue weighted by atomic mass is 79.9. The van der Waals surface area contributed by atoms with E-state index in [-0.39, 0.29) is 68.3 Å². The van der Waals surface area contributed by atoms with Crippen LogP contribution in [0.5, 0.6) is 11.5 Å². The van der Waals surface area contributed by atoms with Gasteiger partial charge in [-0.3, -0.25) is 19.2 Å². The number of ketones is 1. The van der Waals surface area contributed by atoms with E-state index in [0.29, 0.717) is 39.0 Å². The molecule has 2 aromatic carbocycles. The SMILES string of the molecule is CC(=O)OC1C2C[C@H](C)CC(C)/C=C/C=C(/C)C(=O)Nc3c4oc5cc(Br)c(Cl)cc5nc-4c4c5c(c(C)c(c4c3=O)O2)O[C@](C)(O/C=C/C[C@H]1C)C5=O.CO.CO. The molecule has 15 heteroatoms. The Labute approximate surface area is 349 Å². The van der Waals surface area contributed by atoms with Crippen LogP contribution in [0.1, 0.15) is 76.7 Å². The fraction of sp³-hybridized carbons (Fsp3) is 0.419. The molecule has 1 amide bonds. The van der Waals surface area contributed by atoms with Crippen molar-refractivity contribution in [2.24, 2.45) is 17.8 Å². The lowest BCUT2D eigenvalue weighted by Gasteiger charge is -2.34. The number of aliphatic hydroxyl groups is 2. The summed E-state index contributed by atoms with van der Waals surface area (Å²) in [4.78, 5) is 61.2. The van der Waals surface area contributed by atoms with Gasteiger partial charge in [0, 0.05) is 55.0 Å². The van der Waals surface area contributed by atoms with Gasteiger partial charge in [-0.25, -0.2) is 4.98 Å². The summed E-state index contributed by atoms with van der Waals surface area (Å²) in [5, 5.41) is 17.2. The molecule has 6 bridgehead atoms. The second-order valence-electron chi connectivity index (χ2n) is 14.8. The minimum absolute atomic E-state index is 0.0259. The third-order valence-electron chi connectivity index (χ3n) is 10.3. The molecule has 5 aliphatic rings. The number of allylic oxidation sites excluding steroid dienone is 4. The van der Waals surface area contributed by atoms with Crippen molar-refractivity contribution in [2.75, 3.05) is 19.5 Å². The predicted molar refractivity (Wildman–Crippen MR) is 225 cm³/mol. The fourth-order valence-electron chi connectivity index (χ4n) is 7.63. The molecule has 7 rings (SSSR count). The van der Waals surface area contributed by atoms with Crippen molar-refractivity contribution >= 4 is 72.8 Å². The molecule has 58 heavy (non-hydrogen) atoms. The molecule has 0 saturated carbocycles. The summed E-state index contributed by atoms with van der Waals surface area (Å²) in [5.74, 6) is -3.34. The zero-order chi connectivity index (χ0) is 42.8. The Hall–Kier alpha value is -4.76. The lowest BCUT2D eigenvalue weighted by atomic mass is 9.86. The van der Waals surface area contributed by atoms with Crippen LogP contribution in [-0.2, 0) is 19.1 Å². The lowest BCUT2D eigenvalue weighted by Crippen LogP contribution is -2.41. The van der Waals surface area contributed by atoms with Crippen LogP contribution >= 0.6 is 27.5 Å². The first-order valence-electron chi connectivity index (χ1n) is 18.8. The molecule has 0 radical (unpaired) electrons. The van der Waals surface area contributed by atoms with Crippen LogP contribution < -0.4 is 20.2 Å². The van der Waals surface area contributed by atoms with Gasteiger partial charge >= 0.3 is 11.8 Å². The number of carbonyl (C=O) groups excluding carboxylic acids is 3. The number of nitrogens with one attached hydrogen (secondary N) is 1. The van der Waals surface area contributed by atoms with Crippen LogP contribution in [-0.4, -0.2) is 65.1 Å². The average Bonchev–Trinajstić information content (AvgIpc) is 3.45. The molecule has 4 heterocycles. The number of hydrogen-bond donors (Lipinski definition) is 3. The number of esters is 1. The number of amides is 1. The highest BCUT2D eigenvalue weighted by Gasteiger charge is 2.50. The van der Waals surface area contributed by atoms with E-state index in [0.717, 1.165) is 20.6 Å². The van der Waals surface area contributed by atoms with Crippen LogP contribution in [0.25, 0.3) is 33.3 Å². The normalized spacial score (nSPS) is 26.4. The second kappa shape index (κ2) is 18.0. The van der Waals surface area contributed by atoms with Gasteiger partial charge in [-0.2, -0.15) is 0 Å². The Morgan fingerprint density at radius 2 is 1.76 bits per heavy atom. The van der Waals surface area contributed by atoms with E-state index in [1.807, 2.05) is 19.1 Å². The molecule has 3 N–H and O–H groups in total. The van der Waals surface area contributed by atoms with Crippen molar-refractivity contribution in [3.63, 3.8) is 0 Å². The Bertz CT molecular complexity index is 2390. The van der Waals surface area contributed by atoms with Gasteiger partial charge in [0.2, 0.25) is 5.43 Å². The number of aliphatic hydroxyl groups excluding tert-OH is 2. The van der Waals surface area contributed by atoms with E-state index < -0.39 is 41.1 Å². The summed E-state index contributed by atoms with van der Waals surface area (Å²) in [5.41, 5.74) is 0.527. The second-order valence-corrected chi connectivity index (χ2v) is 16.1. The Balaban J connectivity index is 0.00000155. The number of carbonyl (C=O) groups is 3. The van der Waals surface area contributed by atoms with E-state index >= 15 is 4.79 Å². The number of anilines is 1. The van der Waals surface area contributed by atoms with Gasteiger partial charge in [-0.05, 0) is 79.1 Å². The zero-order valence-corrected chi connectivity index (χ0v) is 36.2. The largest absolute Gasteiger partial charge is 0.485 e. The maximum absolute atomic E-state index is 15.2. The predicted octanol–water partition coefficient (Wildman–Crippen LogP) is 8.43. The number of benzene rings is 3. The first kappa shape index (κ1) is 44.3. The number of aromatic nitrogens is 1. The highest BCUT2D eigenvalue weighted by molar-refractivity contribution is 9.10. The van der Waals surface area contributed by atoms with E-state index in [4.69, 9.17) is 50.2 Å². The molecule has 3 unspecified atom stereocenters. The summed E-state index contributed by atoms with van der Waals surface area (Å²) in [6, 6.07) is 3.20.